The molecule has 1 heterocycles. The molecule has 66 valence electrons. The minimum Gasteiger partial charge on any atom is -0.344 e. The molecule has 2 rings (SSSR count). The molecule has 0 amide bonds. The summed E-state index contributed by atoms with van der Waals surface area (Å²) in [6, 6.07) is 8.65. The summed E-state index contributed by atoms with van der Waals surface area (Å²) in [4.78, 5) is 0. The number of allylic oxidation sites excluding steroid dienone is 1. The zero-order chi connectivity index (χ0) is 9.26. The average Bonchev–Trinajstić information content (AvgIpc) is 2.49. The Labute approximate surface area is 78.3 Å². The lowest BCUT2D eigenvalue weighted by atomic mass is 10.2. The van der Waals surface area contributed by atoms with Gasteiger partial charge < -0.3 is 4.57 Å². The minimum atomic E-state index is 0.882. The van der Waals surface area contributed by atoms with Crippen molar-refractivity contribution in [3.05, 3.63) is 48.7 Å². The van der Waals surface area contributed by atoms with Crippen LogP contribution in [0.5, 0.6) is 0 Å². The van der Waals surface area contributed by atoms with Gasteiger partial charge in [0.1, 0.15) is 0 Å². The first-order chi connectivity index (χ1) is 6.31. The topological polar surface area (TPSA) is 4.93 Å². The molecular weight excluding hydrogens is 158 g/mol. The molecule has 0 saturated heterocycles. The van der Waals surface area contributed by atoms with Crippen molar-refractivity contribution in [1.82, 2.24) is 4.57 Å². The summed E-state index contributed by atoms with van der Waals surface area (Å²) in [7, 11) is 0. The molecule has 2 aromatic rings. The first-order valence-electron chi connectivity index (χ1n) is 4.47. The summed E-state index contributed by atoms with van der Waals surface area (Å²) in [5.74, 6) is 0. The predicted octanol–water partition coefficient (Wildman–Crippen LogP) is 3.14. The fraction of sp³-hybridized carbons (Fsp3) is 0.167. The van der Waals surface area contributed by atoms with Crippen LogP contribution in [0.3, 0.4) is 0 Å². The fourth-order valence-corrected chi connectivity index (χ4v) is 1.62. The van der Waals surface area contributed by atoms with Crippen molar-refractivity contribution in [2.45, 2.75) is 13.5 Å². The van der Waals surface area contributed by atoms with Gasteiger partial charge in [0.15, 0.2) is 0 Å². The highest BCUT2D eigenvalue weighted by atomic mass is 14.9. The normalized spacial score (nSPS) is 10.5. The number of rotatable bonds is 2. The molecule has 1 aromatic heterocycles. The van der Waals surface area contributed by atoms with Crippen LogP contribution < -0.4 is 0 Å². The minimum absolute atomic E-state index is 0.882. The second-order valence-corrected chi connectivity index (χ2v) is 3.32. The summed E-state index contributed by atoms with van der Waals surface area (Å²) in [6.07, 6.45) is 4.02. The van der Waals surface area contributed by atoms with E-state index < -0.39 is 0 Å². The highest BCUT2D eigenvalue weighted by Crippen LogP contribution is 2.17. The second kappa shape index (κ2) is 3.09. The Kier molecular flexibility index (Phi) is 1.93. The van der Waals surface area contributed by atoms with Crippen molar-refractivity contribution in [1.29, 1.82) is 0 Å². The first-order valence-corrected chi connectivity index (χ1v) is 4.47. The van der Waals surface area contributed by atoms with Crippen LogP contribution in [0.1, 0.15) is 5.56 Å². The molecule has 0 aliphatic carbocycles. The van der Waals surface area contributed by atoms with E-state index in [1.165, 1.54) is 16.5 Å². The molecule has 1 aromatic carbocycles. The quantitative estimate of drug-likeness (QED) is 0.612. The zero-order valence-corrected chi connectivity index (χ0v) is 7.83. The molecule has 13 heavy (non-hydrogen) atoms. The lowest BCUT2D eigenvalue weighted by molar-refractivity contribution is 0.865. The third-order valence-corrected chi connectivity index (χ3v) is 2.25. The summed E-state index contributed by atoms with van der Waals surface area (Å²) in [5, 5.41) is 1.31. The molecule has 0 radical (unpaired) electrons. The van der Waals surface area contributed by atoms with Crippen molar-refractivity contribution in [2.24, 2.45) is 0 Å². The Morgan fingerprint density at radius 1 is 1.38 bits per heavy atom. The summed E-state index contributed by atoms with van der Waals surface area (Å²) < 4.78 is 2.20. The Balaban J connectivity index is 2.61. The molecule has 0 aliphatic rings. The van der Waals surface area contributed by atoms with Crippen molar-refractivity contribution in [3.63, 3.8) is 0 Å². The van der Waals surface area contributed by atoms with Gasteiger partial charge in [-0.1, -0.05) is 17.7 Å². The van der Waals surface area contributed by atoms with Crippen LogP contribution in [0.15, 0.2) is 43.1 Å². The van der Waals surface area contributed by atoms with Gasteiger partial charge in [0, 0.05) is 18.3 Å². The molecule has 0 saturated carbocycles. The largest absolute Gasteiger partial charge is 0.344 e. The summed E-state index contributed by atoms with van der Waals surface area (Å²) in [6.45, 7) is 6.74. The summed E-state index contributed by atoms with van der Waals surface area (Å²) >= 11 is 0. The van der Waals surface area contributed by atoms with Gasteiger partial charge in [-0.2, -0.15) is 0 Å². The fourth-order valence-electron chi connectivity index (χ4n) is 1.62. The van der Waals surface area contributed by atoms with Gasteiger partial charge in [-0.3, -0.25) is 0 Å². The van der Waals surface area contributed by atoms with Gasteiger partial charge in [-0.05, 0) is 30.5 Å². The molecule has 0 spiro atoms. The number of aromatic nitrogens is 1. The number of fused-ring (bicyclic) bond motifs is 1. The Morgan fingerprint density at radius 3 is 3.00 bits per heavy atom. The van der Waals surface area contributed by atoms with E-state index in [9.17, 15) is 0 Å². The molecule has 0 bridgehead atoms. The standard InChI is InChI=1S/C12H13N/c1-3-7-13-8-6-11-9-10(2)4-5-12(11)13/h3-6,8-9H,1,7H2,2H3. The molecule has 0 N–H and O–H groups in total. The Hall–Kier alpha value is -1.50. The second-order valence-electron chi connectivity index (χ2n) is 3.32. The number of hydrogen-bond donors (Lipinski definition) is 0. The van der Waals surface area contributed by atoms with E-state index in [-0.39, 0.29) is 0 Å². The van der Waals surface area contributed by atoms with Gasteiger partial charge in [0.25, 0.3) is 0 Å². The van der Waals surface area contributed by atoms with Crippen LogP contribution in [-0.4, -0.2) is 4.57 Å². The van der Waals surface area contributed by atoms with E-state index in [0.29, 0.717) is 0 Å². The molecule has 0 atom stereocenters. The van der Waals surface area contributed by atoms with Crippen molar-refractivity contribution >= 4 is 10.9 Å². The lowest BCUT2D eigenvalue weighted by Crippen LogP contribution is -1.91. The van der Waals surface area contributed by atoms with Crippen LogP contribution >= 0.6 is 0 Å². The van der Waals surface area contributed by atoms with Crippen LogP contribution in [0, 0.1) is 6.92 Å². The Bertz CT molecular complexity index is 437. The van der Waals surface area contributed by atoms with Gasteiger partial charge in [-0.25, -0.2) is 0 Å². The van der Waals surface area contributed by atoms with Crippen LogP contribution in [0.2, 0.25) is 0 Å². The van der Waals surface area contributed by atoms with Crippen molar-refractivity contribution < 1.29 is 0 Å². The zero-order valence-electron chi connectivity index (χ0n) is 7.83. The van der Waals surface area contributed by atoms with Crippen LogP contribution in [0.4, 0.5) is 0 Å². The predicted molar refractivity (Wildman–Crippen MR) is 56.9 cm³/mol. The SMILES string of the molecule is C=CCn1ccc2cc(C)ccc21. The highest BCUT2D eigenvalue weighted by Gasteiger charge is 1.98. The van der Waals surface area contributed by atoms with Gasteiger partial charge >= 0.3 is 0 Å². The molecule has 1 nitrogen and oxygen atoms in total. The first kappa shape index (κ1) is 8.11. The smallest absolute Gasteiger partial charge is 0.0483 e. The van der Waals surface area contributed by atoms with E-state index in [1.807, 2.05) is 6.08 Å². The maximum Gasteiger partial charge on any atom is 0.0483 e. The number of aryl methyl sites for hydroxylation is 1. The highest BCUT2D eigenvalue weighted by molar-refractivity contribution is 5.80. The number of hydrogen-bond acceptors (Lipinski definition) is 0. The molecule has 0 fully saturated rings. The lowest BCUT2D eigenvalue weighted by Gasteiger charge is -2.00. The molecular formula is C12H13N. The van der Waals surface area contributed by atoms with E-state index in [1.54, 1.807) is 0 Å². The maximum absolute atomic E-state index is 3.74. The van der Waals surface area contributed by atoms with Gasteiger partial charge in [-0.15, -0.1) is 6.58 Å². The van der Waals surface area contributed by atoms with Crippen molar-refractivity contribution in [3.8, 4) is 0 Å². The third kappa shape index (κ3) is 1.37. The van der Waals surface area contributed by atoms with E-state index in [2.05, 4.69) is 48.5 Å². The third-order valence-electron chi connectivity index (χ3n) is 2.25. The average molecular weight is 171 g/mol. The van der Waals surface area contributed by atoms with Crippen LogP contribution in [0.25, 0.3) is 10.9 Å². The van der Waals surface area contributed by atoms with Gasteiger partial charge in [0.2, 0.25) is 0 Å². The van der Waals surface area contributed by atoms with E-state index >= 15 is 0 Å². The van der Waals surface area contributed by atoms with E-state index in [0.717, 1.165) is 6.54 Å². The maximum atomic E-state index is 3.74. The number of nitrogens with zero attached hydrogens (tertiary/aromatic N) is 1. The Morgan fingerprint density at radius 2 is 2.23 bits per heavy atom. The molecule has 0 unspecified atom stereocenters. The molecule has 1 heteroatoms. The number of benzene rings is 1. The molecule has 0 aliphatic heterocycles. The monoisotopic (exact) mass is 171 g/mol. The van der Waals surface area contributed by atoms with Crippen LogP contribution in [-0.2, 0) is 6.54 Å². The van der Waals surface area contributed by atoms with Crippen molar-refractivity contribution in [2.75, 3.05) is 0 Å². The van der Waals surface area contributed by atoms with Gasteiger partial charge in [0.05, 0.1) is 0 Å². The van der Waals surface area contributed by atoms with E-state index in [4.69, 9.17) is 0 Å². The summed E-state index contributed by atoms with van der Waals surface area (Å²) in [5.41, 5.74) is 2.59.